The van der Waals surface area contributed by atoms with Crippen molar-refractivity contribution in [2.24, 2.45) is 5.73 Å². The van der Waals surface area contributed by atoms with Gasteiger partial charge in [-0.05, 0) is 32.8 Å². The molecule has 3 amide bonds. The maximum atomic E-state index is 13.1. The Morgan fingerprint density at radius 1 is 1.18 bits per heavy atom. The van der Waals surface area contributed by atoms with E-state index in [1.54, 1.807) is 45.0 Å². The molecule has 188 valence electrons. The molecular weight excluding hydrogens is 489 g/mol. The molecule has 2 rings (SSSR count). The van der Waals surface area contributed by atoms with Crippen LogP contribution in [-0.2, 0) is 30.4 Å². The number of hydroxylamine groups is 2. The molecule has 0 aliphatic carbocycles. The van der Waals surface area contributed by atoms with Crippen LogP contribution in [0.2, 0.25) is 0 Å². The standard InChI is InChI=1S/C22H30Cl2N3O7/c1-22(2,3)33-21(32)27(10-8-23,11-9-24)15-6-4-14(5-7-15)12-16(25)20(31)34-26-18(29)13-17(28)19(26)30/h4-7,16-17,28H,8-13,25H2,1-3H3/q+1/t16-,17?/m0/s1. The Labute approximate surface area is 208 Å². The number of halogens is 2. The van der Waals surface area contributed by atoms with Crippen molar-refractivity contribution < 1.29 is 33.9 Å². The van der Waals surface area contributed by atoms with Gasteiger partial charge in [-0.3, -0.25) is 9.59 Å². The number of imide groups is 1. The van der Waals surface area contributed by atoms with E-state index in [4.69, 9.17) is 38.5 Å². The predicted octanol–water partition coefficient (Wildman–Crippen LogP) is 1.85. The van der Waals surface area contributed by atoms with Crippen molar-refractivity contribution in [3.63, 3.8) is 0 Å². The van der Waals surface area contributed by atoms with Crippen LogP contribution in [-0.4, -0.2) is 76.6 Å². The number of nitrogens with two attached hydrogens (primary N) is 1. The Morgan fingerprint density at radius 3 is 2.18 bits per heavy atom. The van der Waals surface area contributed by atoms with E-state index in [0.29, 0.717) is 11.3 Å². The summed E-state index contributed by atoms with van der Waals surface area (Å²) >= 11 is 12.0. The highest BCUT2D eigenvalue weighted by molar-refractivity contribution is 6.19. The van der Waals surface area contributed by atoms with E-state index in [-0.39, 0.29) is 40.8 Å². The van der Waals surface area contributed by atoms with Gasteiger partial charge in [0.25, 0.3) is 11.8 Å². The molecule has 1 heterocycles. The first-order valence-electron chi connectivity index (χ1n) is 10.7. The number of aliphatic hydroxyl groups excluding tert-OH is 1. The van der Waals surface area contributed by atoms with E-state index in [2.05, 4.69) is 0 Å². The zero-order valence-corrected chi connectivity index (χ0v) is 20.8. The summed E-state index contributed by atoms with van der Waals surface area (Å²) in [6.07, 6.45) is -2.43. The molecule has 0 radical (unpaired) electrons. The minimum atomic E-state index is -1.53. The van der Waals surface area contributed by atoms with Gasteiger partial charge < -0.3 is 20.4 Å². The zero-order valence-electron chi connectivity index (χ0n) is 19.3. The molecule has 34 heavy (non-hydrogen) atoms. The summed E-state index contributed by atoms with van der Waals surface area (Å²) in [5, 5.41) is 9.65. The highest BCUT2D eigenvalue weighted by atomic mass is 35.5. The lowest BCUT2D eigenvalue weighted by Gasteiger charge is -2.35. The van der Waals surface area contributed by atoms with Gasteiger partial charge >= 0.3 is 12.1 Å². The van der Waals surface area contributed by atoms with Crippen LogP contribution < -0.4 is 10.2 Å². The molecule has 10 nitrogen and oxygen atoms in total. The maximum Gasteiger partial charge on any atom is 0.521 e. The molecule has 12 heteroatoms. The smallest absolute Gasteiger partial charge is 0.414 e. The number of aliphatic hydroxyl groups is 1. The molecule has 3 N–H and O–H groups in total. The Kier molecular flexibility index (Phi) is 9.44. The van der Waals surface area contributed by atoms with Gasteiger partial charge in [0.05, 0.1) is 18.2 Å². The van der Waals surface area contributed by atoms with E-state index in [0.717, 1.165) is 0 Å². The zero-order chi connectivity index (χ0) is 25.7. The number of carbonyl (C=O) groups excluding carboxylic acids is 4. The van der Waals surface area contributed by atoms with Crippen molar-refractivity contribution in [1.82, 2.24) is 9.55 Å². The molecule has 0 saturated carbocycles. The van der Waals surface area contributed by atoms with Crippen LogP contribution in [0.25, 0.3) is 0 Å². The lowest BCUT2D eigenvalue weighted by molar-refractivity contribution is -0.199. The minimum Gasteiger partial charge on any atom is -0.414 e. The van der Waals surface area contributed by atoms with E-state index in [1.807, 2.05) is 0 Å². The van der Waals surface area contributed by atoms with E-state index >= 15 is 0 Å². The molecule has 0 bridgehead atoms. The first kappa shape index (κ1) is 28.0. The Bertz CT molecular complexity index is 912. The van der Waals surface area contributed by atoms with Crippen molar-refractivity contribution in [3.05, 3.63) is 29.8 Å². The lowest BCUT2D eigenvalue weighted by atomic mass is 10.1. The number of hydrogen-bond donors (Lipinski definition) is 2. The summed E-state index contributed by atoms with van der Waals surface area (Å²) < 4.78 is 5.43. The van der Waals surface area contributed by atoms with Crippen molar-refractivity contribution >= 4 is 52.8 Å². The molecule has 2 atom stereocenters. The normalized spacial score (nSPS) is 17.6. The van der Waals surface area contributed by atoms with E-state index in [1.165, 1.54) is 0 Å². The first-order valence-corrected chi connectivity index (χ1v) is 11.8. The molecule has 0 spiro atoms. The van der Waals surface area contributed by atoms with Crippen molar-refractivity contribution in [2.75, 3.05) is 24.8 Å². The van der Waals surface area contributed by atoms with Crippen LogP contribution in [0.3, 0.4) is 0 Å². The second kappa shape index (κ2) is 11.5. The number of alkyl halides is 2. The molecule has 1 aromatic carbocycles. The van der Waals surface area contributed by atoms with Crippen LogP contribution >= 0.6 is 23.2 Å². The molecule has 1 unspecified atom stereocenters. The van der Waals surface area contributed by atoms with Gasteiger partial charge in [0.2, 0.25) is 0 Å². The average Bonchev–Trinajstić information content (AvgIpc) is 2.98. The predicted molar refractivity (Wildman–Crippen MR) is 126 cm³/mol. The molecule has 1 aliphatic heterocycles. The molecule has 0 aromatic heterocycles. The van der Waals surface area contributed by atoms with Gasteiger partial charge in [0.1, 0.15) is 36.5 Å². The van der Waals surface area contributed by atoms with Crippen LogP contribution in [0.15, 0.2) is 24.3 Å². The van der Waals surface area contributed by atoms with Crippen molar-refractivity contribution in [2.45, 2.75) is 51.4 Å². The summed E-state index contributed by atoms with van der Waals surface area (Å²) in [4.78, 5) is 53.5. The number of benzene rings is 1. The van der Waals surface area contributed by atoms with Crippen molar-refractivity contribution in [1.29, 1.82) is 0 Å². The fourth-order valence-electron chi connectivity index (χ4n) is 3.40. The summed E-state index contributed by atoms with van der Waals surface area (Å²) in [5.41, 5.74) is 6.44. The van der Waals surface area contributed by atoms with Gasteiger partial charge in [0.15, 0.2) is 0 Å². The lowest BCUT2D eigenvalue weighted by Crippen LogP contribution is -2.58. The second-order valence-electron chi connectivity index (χ2n) is 8.91. The summed E-state index contributed by atoms with van der Waals surface area (Å²) in [5.74, 6) is -2.45. The largest absolute Gasteiger partial charge is 0.521 e. The fraction of sp³-hybridized carbons (Fsp3) is 0.545. The molecule has 1 aromatic rings. The molecule has 1 saturated heterocycles. The van der Waals surface area contributed by atoms with E-state index < -0.39 is 48.0 Å². The average molecular weight is 519 g/mol. The number of ether oxygens (including phenoxy) is 1. The van der Waals surface area contributed by atoms with Gasteiger partial charge in [0, 0.05) is 12.1 Å². The Hall–Kier alpha value is -2.24. The Morgan fingerprint density at radius 2 is 1.74 bits per heavy atom. The van der Waals surface area contributed by atoms with E-state index in [9.17, 15) is 24.3 Å². The van der Waals surface area contributed by atoms with Crippen molar-refractivity contribution in [3.8, 4) is 0 Å². The SMILES string of the molecule is CC(C)(C)OC(=O)[N+](CCCl)(CCCl)c1ccc(C[C@H](N)C(=O)ON2C(=O)CC(O)C2=O)cc1. The van der Waals surface area contributed by atoms with Gasteiger partial charge in [-0.25, -0.2) is 4.79 Å². The number of rotatable bonds is 9. The third-order valence-corrected chi connectivity index (χ3v) is 5.46. The van der Waals surface area contributed by atoms with Gasteiger partial charge in [-0.2, -0.15) is 9.28 Å². The first-order chi connectivity index (χ1) is 15.8. The van der Waals surface area contributed by atoms with Gasteiger partial charge in [-0.1, -0.05) is 17.2 Å². The summed E-state index contributed by atoms with van der Waals surface area (Å²) in [6.45, 7) is 5.84. The van der Waals surface area contributed by atoms with Crippen LogP contribution in [0, 0.1) is 0 Å². The molecule has 1 aliphatic rings. The third kappa shape index (κ3) is 6.67. The highest BCUT2D eigenvalue weighted by Gasteiger charge is 2.43. The molecular formula is C22H30Cl2N3O7+. The second-order valence-corrected chi connectivity index (χ2v) is 9.66. The topological polar surface area (TPSA) is 136 Å². The summed E-state index contributed by atoms with van der Waals surface area (Å²) in [6, 6.07) is 5.62. The fourth-order valence-corrected chi connectivity index (χ4v) is 3.98. The van der Waals surface area contributed by atoms with Crippen LogP contribution in [0.4, 0.5) is 10.5 Å². The number of quaternary nitrogens is 1. The Balaban J connectivity index is 2.17. The number of nitrogens with zero attached hydrogens (tertiary/aromatic N) is 2. The maximum absolute atomic E-state index is 13.1. The highest BCUT2D eigenvalue weighted by Crippen LogP contribution is 2.28. The third-order valence-electron chi connectivity index (χ3n) is 5.13. The number of carbonyl (C=O) groups is 4. The molecule has 1 fully saturated rings. The van der Waals surface area contributed by atoms with Crippen LogP contribution in [0.5, 0.6) is 0 Å². The minimum absolute atomic E-state index is 0.0370. The van der Waals surface area contributed by atoms with Crippen LogP contribution in [0.1, 0.15) is 32.8 Å². The van der Waals surface area contributed by atoms with Gasteiger partial charge in [-0.15, -0.1) is 23.2 Å². The number of amides is 3. The number of hydrogen-bond acceptors (Lipinski definition) is 8. The quantitative estimate of drug-likeness (QED) is 0.287. The summed E-state index contributed by atoms with van der Waals surface area (Å²) in [7, 11) is 0. The monoisotopic (exact) mass is 518 g/mol.